The van der Waals surface area contributed by atoms with Crippen molar-refractivity contribution in [2.75, 3.05) is 6.61 Å². The highest BCUT2D eigenvalue weighted by Crippen LogP contribution is 2.45. The number of carbonyl (C=O) groups is 1. The van der Waals surface area contributed by atoms with Crippen LogP contribution in [0.5, 0.6) is 5.75 Å². The van der Waals surface area contributed by atoms with E-state index in [1.54, 1.807) is 13.2 Å². The summed E-state index contributed by atoms with van der Waals surface area (Å²) in [6.07, 6.45) is 4.29. The van der Waals surface area contributed by atoms with Gasteiger partial charge in [0, 0.05) is 21.5 Å². The second-order valence-corrected chi connectivity index (χ2v) is 7.22. The Hall–Kier alpha value is -2.46. The topological polar surface area (TPSA) is 48.7 Å². The molecule has 1 aromatic heterocycles. The quantitative estimate of drug-likeness (QED) is 0.494. The molecule has 4 nitrogen and oxygen atoms in total. The van der Waals surface area contributed by atoms with Gasteiger partial charge in [-0.2, -0.15) is 0 Å². The second kappa shape index (κ2) is 7.65. The third-order valence-electron chi connectivity index (χ3n) is 4.76. The zero-order chi connectivity index (χ0) is 18.8. The van der Waals surface area contributed by atoms with E-state index in [2.05, 4.69) is 0 Å². The van der Waals surface area contributed by atoms with Gasteiger partial charge in [0.15, 0.2) is 0 Å². The summed E-state index contributed by atoms with van der Waals surface area (Å²) >= 11 is 6.32. The fourth-order valence-electron chi connectivity index (χ4n) is 3.30. The molecule has 4 rings (SSSR count). The zero-order valence-corrected chi connectivity index (χ0v) is 15.9. The molecular weight excluding hydrogens is 364 g/mol. The number of rotatable bonds is 7. The van der Waals surface area contributed by atoms with Crippen LogP contribution in [-0.4, -0.2) is 12.6 Å². The first-order valence-electron chi connectivity index (χ1n) is 9.21. The Morgan fingerprint density at radius 1 is 1.22 bits per heavy atom. The van der Waals surface area contributed by atoms with Crippen LogP contribution in [-0.2, 0) is 22.6 Å². The highest BCUT2D eigenvalue weighted by Gasteiger charge is 2.28. The monoisotopic (exact) mass is 384 g/mol. The Morgan fingerprint density at radius 2 is 2.04 bits per heavy atom. The van der Waals surface area contributed by atoms with Crippen molar-refractivity contribution in [2.24, 2.45) is 0 Å². The van der Waals surface area contributed by atoms with Gasteiger partial charge in [0.1, 0.15) is 17.9 Å². The van der Waals surface area contributed by atoms with E-state index in [0.717, 1.165) is 27.1 Å². The van der Waals surface area contributed by atoms with Crippen LogP contribution in [0, 0.1) is 0 Å². The van der Waals surface area contributed by atoms with E-state index in [-0.39, 0.29) is 12.4 Å². The van der Waals surface area contributed by atoms with Gasteiger partial charge in [-0.25, -0.2) is 0 Å². The number of hydrogen-bond donors (Lipinski definition) is 0. The third kappa shape index (κ3) is 3.96. The van der Waals surface area contributed by atoms with Gasteiger partial charge < -0.3 is 13.9 Å². The molecule has 0 atom stereocenters. The normalized spacial score (nSPS) is 13.7. The molecule has 0 spiro atoms. The number of hydrogen-bond acceptors (Lipinski definition) is 4. The molecule has 3 aromatic rings. The lowest BCUT2D eigenvalue weighted by Gasteiger charge is -2.11. The lowest BCUT2D eigenvalue weighted by molar-refractivity contribution is -0.142. The number of fused-ring (bicyclic) bond motifs is 1. The Balaban J connectivity index is 1.55. The van der Waals surface area contributed by atoms with Crippen molar-refractivity contribution in [3.05, 3.63) is 64.4 Å². The molecule has 0 saturated heterocycles. The molecule has 5 heteroatoms. The molecule has 0 bridgehead atoms. The van der Waals surface area contributed by atoms with Gasteiger partial charge in [-0.3, -0.25) is 4.79 Å². The molecule has 2 aromatic carbocycles. The predicted molar refractivity (Wildman–Crippen MR) is 104 cm³/mol. The Labute approximate surface area is 163 Å². The van der Waals surface area contributed by atoms with E-state index in [4.69, 9.17) is 25.5 Å². The molecule has 1 fully saturated rings. The molecule has 0 N–H and O–H groups in total. The average Bonchev–Trinajstić information content (AvgIpc) is 3.42. The fourth-order valence-corrected chi connectivity index (χ4v) is 3.53. The Morgan fingerprint density at radius 3 is 2.81 bits per heavy atom. The first kappa shape index (κ1) is 17.9. The maximum Gasteiger partial charge on any atom is 0.310 e. The van der Waals surface area contributed by atoms with Crippen LogP contribution in [0.3, 0.4) is 0 Å². The van der Waals surface area contributed by atoms with Crippen molar-refractivity contribution >= 4 is 28.5 Å². The highest BCUT2D eigenvalue weighted by atomic mass is 35.5. The molecule has 0 radical (unpaired) electrons. The largest absolute Gasteiger partial charge is 0.488 e. The molecule has 0 amide bonds. The molecule has 0 unspecified atom stereocenters. The first-order valence-corrected chi connectivity index (χ1v) is 9.59. The summed E-state index contributed by atoms with van der Waals surface area (Å²) in [6, 6.07) is 11.4. The summed E-state index contributed by atoms with van der Waals surface area (Å²) in [7, 11) is 0. The van der Waals surface area contributed by atoms with Crippen molar-refractivity contribution in [1.82, 2.24) is 0 Å². The minimum absolute atomic E-state index is 0.188. The van der Waals surface area contributed by atoms with Crippen molar-refractivity contribution in [1.29, 1.82) is 0 Å². The summed E-state index contributed by atoms with van der Waals surface area (Å²) < 4.78 is 16.9. The molecule has 1 aliphatic carbocycles. The molecule has 140 valence electrons. The number of carbonyl (C=O) groups excluding carboxylic acids is 1. The summed E-state index contributed by atoms with van der Waals surface area (Å²) in [5.41, 5.74) is 3.84. The lowest BCUT2D eigenvalue weighted by Crippen LogP contribution is -2.09. The molecule has 1 saturated carbocycles. The minimum Gasteiger partial charge on any atom is -0.488 e. The van der Waals surface area contributed by atoms with Crippen LogP contribution in [0.4, 0.5) is 0 Å². The van der Waals surface area contributed by atoms with Crippen LogP contribution in [0.2, 0.25) is 5.02 Å². The van der Waals surface area contributed by atoms with Gasteiger partial charge in [-0.05, 0) is 49.4 Å². The smallest absolute Gasteiger partial charge is 0.310 e. The average molecular weight is 385 g/mol. The third-order valence-corrected chi connectivity index (χ3v) is 4.98. The SMILES string of the molecule is CCOC(=O)Cc1ccccc1OCc1coc2c(C3CC3)cc(Cl)cc12. The van der Waals surface area contributed by atoms with E-state index in [9.17, 15) is 4.79 Å². The number of para-hydroxylation sites is 1. The Bertz CT molecular complexity index is 972. The van der Waals surface area contributed by atoms with Crippen molar-refractivity contribution in [3.8, 4) is 5.75 Å². The molecule has 1 aliphatic rings. The van der Waals surface area contributed by atoms with E-state index in [1.807, 2.05) is 36.4 Å². The standard InChI is InChI=1S/C22H21ClO4/c1-2-25-21(24)9-15-5-3-4-6-20(15)26-12-16-13-27-22-18(14-7-8-14)10-17(23)11-19(16)22/h3-6,10-11,13-14H,2,7-9,12H2,1H3. The summed E-state index contributed by atoms with van der Waals surface area (Å²) in [6.45, 7) is 2.51. The number of benzene rings is 2. The van der Waals surface area contributed by atoms with Crippen molar-refractivity contribution in [3.63, 3.8) is 0 Å². The van der Waals surface area contributed by atoms with Gasteiger partial charge >= 0.3 is 5.97 Å². The van der Waals surface area contributed by atoms with Crippen LogP contribution in [0.25, 0.3) is 11.0 Å². The lowest BCUT2D eigenvalue weighted by atomic mass is 10.1. The van der Waals surface area contributed by atoms with E-state index >= 15 is 0 Å². The van der Waals surface area contributed by atoms with Gasteiger partial charge in [0.25, 0.3) is 0 Å². The van der Waals surface area contributed by atoms with Gasteiger partial charge in [-0.15, -0.1) is 0 Å². The van der Waals surface area contributed by atoms with Crippen LogP contribution in [0.15, 0.2) is 47.1 Å². The highest BCUT2D eigenvalue weighted by molar-refractivity contribution is 6.31. The molecule has 0 aliphatic heterocycles. The number of esters is 1. The van der Waals surface area contributed by atoms with Crippen molar-refractivity contribution < 1.29 is 18.7 Å². The summed E-state index contributed by atoms with van der Waals surface area (Å²) in [5, 5.41) is 1.71. The van der Waals surface area contributed by atoms with E-state index in [0.29, 0.717) is 24.9 Å². The molecular formula is C22H21ClO4. The number of furan rings is 1. The fraction of sp³-hybridized carbons (Fsp3) is 0.318. The summed E-state index contributed by atoms with van der Waals surface area (Å²) in [5.74, 6) is 0.962. The van der Waals surface area contributed by atoms with Crippen LogP contribution >= 0.6 is 11.6 Å². The zero-order valence-electron chi connectivity index (χ0n) is 15.2. The number of halogens is 1. The first-order chi connectivity index (χ1) is 13.2. The number of ether oxygens (including phenoxy) is 2. The van der Waals surface area contributed by atoms with Gasteiger partial charge in [0.2, 0.25) is 0 Å². The molecule has 27 heavy (non-hydrogen) atoms. The van der Waals surface area contributed by atoms with Gasteiger partial charge in [-0.1, -0.05) is 29.8 Å². The van der Waals surface area contributed by atoms with E-state index in [1.165, 1.54) is 18.4 Å². The summed E-state index contributed by atoms with van der Waals surface area (Å²) in [4.78, 5) is 11.8. The van der Waals surface area contributed by atoms with Crippen LogP contribution in [0.1, 0.15) is 42.4 Å². The molecule has 1 heterocycles. The predicted octanol–water partition coefficient (Wildman–Crippen LogP) is 5.65. The van der Waals surface area contributed by atoms with Crippen LogP contribution < -0.4 is 4.74 Å². The maximum absolute atomic E-state index is 11.8. The Kier molecular flexibility index (Phi) is 5.08. The van der Waals surface area contributed by atoms with E-state index < -0.39 is 0 Å². The minimum atomic E-state index is -0.261. The van der Waals surface area contributed by atoms with Gasteiger partial charge in [0.05, 0.1) is 19.3 Å². The van der Waals surface area contributed by atoms with Crippen molar-refractivity contribution in [2.45, 2.75) is 38.7 Å². The maximum atomic E-state index is 11.8. The second-order valence-electron chi connectivity index (χ2n) is 6.79.